The molecule has 0 atom stereocenters. The molecule has 478 valence electrons. The number of piperidine rings is 2. The van der Waals surface area contributed by atoms with E-state index in [9.17, 15) is 27.2 Å². The maximum atomic E-state index is 13.6. The van der Waals surface area contributed by atoms with Crippen LogP contribution < -0.4 is 10.8 Å². The lowest BCUT2D eigenvalue weighted by Crippen LogP contribution is -2.41. The number of rotatable bonds is 10. The van der Waals surface area contributed by atoms with Crippen LogP contribution in [0.2, 0.25) is 0 Å². The number of likely N-dealkylation sites (tertiary alicyclic amines) is 1. The zero-order valence-electron chi connectivity index (χ0n) is 52.0. The molecule has 0 bridgehead atoms. The molecule has 0 aliphatic carbocycles. The normalized spacial score (nSPS) is 16.1. The number of halogens is 5. The molecule has 12 aromatic rings. The number of fused-ring (bicyclic) bond motifs is 3. The molecule has 0 radical (unpaired) electrons. The fraction of sp³-hybridized carbons (Fsp3) is 0.243. The molecule has 15 rings (SSSR count). The highest BCUT2D eigenvalue weighted by molar-refractivity contribution is 9.10. The maximum absolute atomic E-state index is 13.6. The van der Waals surface area contributed by atoms with E-state index in [0.29, 0.717) is 37.1 Å². The van der Waals surface area contributed by atoms with Crippen molar-refractivity contribution in [3.05, 3.63) is 223 Å². The van der Waals surface area contributed by atoms with Crippen LogP contribution in [0.1, 0.15) is 79.7 Å². The van der Waals surface area contributed by atoms with E-state index in [2.05, 4.69) is 61.3 Å². The lowest BCUT2D eigenvalue weighted by molar-refractivity contribution is -0.0661. The molecule has 9 aromatic heterocycles. The molecule has 24 heteroatoms. The number of imidazole rings is 3. The quantitative estimate of drug-likeness (QED) is 0.0770. The van der Waals surface area contributed by atoms with Crippen LogP contribution >= 0.6 is 15.9 Å². The lowest BCUT2D eigenvalue weighted by Gasteiger charge is -2.32. The first-order chi connectivity index (χ1) is 45.3. The number of carbonyl (C=O) groups is 2. The molecule has 3 aromatic carbocycles. The van der Waals surface area contributed by atoms with E-state index >= 15 is 0 Å². The van der Waals surface area contributed by atoms with Crippen molar-refractivity contribution in [2.24, 2.45) is 0 Å². The Hall–Kier alpha value is -9.59. The molecular formula is C70H66BBrF4N14O4. The van der Waals surface area contributed by atoms with Gasteiger partial charge in [-0.25, -0.2) is 46.1 Å². The zero-order valence-corrected chi connectivity index (χ0v) is 53.6. The van der Waals surface area contributed by atoms with Crippen molar-refractivity contribution < 1.29 is 36.5 Å². The van der Waals surface area contributed by atoms with Gasteiger partial charge in [0.15, 0.2) is 16.9 Å². The Morgan fingerprint density at radius 1 is 0.511 bits per heavy atom. The minimum Gasteiger partial charge on any atom is -0.399 e. The molecule has 3 aliphatic heterocycles. The standard InChI is InChI=1S/C23H21F2N5.C18H12N4O.C13H17BO3.C11H7BrN4.C5H9F2N/c24-23(25)10-1-13-29(16-23)15-17-2-4-19(5-3-17)21-14-27-22-7-6-20(28-30(21)22)18-8-11-26-12-9-18;23-12-13-1-3-15(4-2-13)17-11-20-18-6-5-16(21-22(17)18)14-7-9-19-10-8-14;1-12(2)13(3,4)17-14(16-12)11-7-5-10(9-15)6-8-11;12-10-7-14-11-2-1-9(15-16(10)11)8-3-5-13-6-4-8;6-5(7)2-1-3-8-4-5/h2-9,11-12,14H,1,10,13,15-16H2;1-12H;5-9H,1-4H3;1-7H;8H,1-4H2. The smallest absolute Gasteiger partial charge is 0.399 e. The van der Waals surface area contributed by atoms with Gasteiger partial charge in [0.1, 0.15) is 17.2 Å². The summed E-state index contributed by atoms with van der Waals surface area (Å²) in [4.78, 5) is 48.3. The van der Waals surface area contributed by atoms with Crippen molar-refractivity contribution in [1.29, 1.82) is 0 Å². The van der Waals surface area contributed by atoms with E-state index in [1.165, 1.54) is 0 Å². The number of hydrogen-bond acceptors (Lipinski definition) is 15. The molecule has 94 heavy (non-hydrogen) atoms. The Labute approximate surface area is 548 Å². The predicted molar refractivity (Wildman–Crippen MR) is 357 cm³/mol. The molecule has 0 spiro atoms. The van der Waals surface area contributed by atoms with Gasteiger partial charge in [0.05, 0.1) is 71.4 Å². The number of pyridine rings is 3. The average Bonchev–Trinajstić information content (AvgIpc) is 1.64. The van der Waals surface area contributed by atoms with E-state index in [4.69, 9.17) is 14.4 Å². The molecule has 12 heterocycles. The number of aldehydes is 2. The predicted octanol–water partition coefficient (Wildman–Crippen LogP) is 13.3. The van der Waals surface area contributed by atoms with Crippen LogP contribution in [0.15, 0.2) is 206 Å². The summed E-state index contributed by atoms with van der Waals surface area (Å²) in [5.74, 6) is -5.01. The third-order valence-corrected chi connectivity index (χ3v) is 16.9. The Kier molecular flexibility index (Phi) is 20.4. The molecule has 3 aliphatic rings. The Balaban J connectivity index is 0.000000126. The second-order valence-corrected chi connectivity index (χ2v) is 24.5. The van der Waals surface area contributed by atoms with E-state index in [1.54, 1.807) is 84.6 Å². The highest BCUT2D eigenvalue weighted by atomic mass is 79.9. The van der Waals surface area contributed by atoms with Crippen LogP contribution in [0.4, 0.5) is 17.6 Å². The van der Waals surface area contributed by atoms with Gasteiger partial charge in [0.25, 0.3) is 11.8 Å². The number of nitrogens with zero attached hydrogens (tertiary/aromatic N) is 13. The Morgan fingerprint density at radius 2 is 0.936 bits per heavy atom. The number of hydrogen-bond donors (Lipinski definition) is 1. The molecule has 1 N–H and O–H groups in total. The van der Waals surface area contributed by atoms with Crippen LogP contribution in [0, 0.1) is 0 Å². The fourth-order valence-corrected chi connectivity index (χ4v) is 10.9. The second kappa shape index (κ2) is 29.1. The largest absolute Gasteiger partial charge is 0.494 e. The van der Waals surface area contributed by atoms with Crippen LogP contribution in [-0.4, -0.2) is 133 Å². The molecule has 3 fully saturated rings. The average molecular weight is 1330 g/mol. The molecule has 0 unspecified atom stereocenters. The topological polar surface area (TPSA) is 197 Å². The van der Waals surface area contributed by atoms with Gasteiger partial charge in [-0.15, -0.1) is 0 Å². The van der Waals surface area contributed by atoms with Gasteiger partial charge < -0.3 is 14.6 Å². The van der Waals surface area contributed by atoms with E-state index in [0.717, 1.165) is 108 Å². The Bertz CT molecular complexity index is 4470. The summed E-state index contributed by atoms with van der Waals surface area (Å²) in [7, 11) is -0.360. The number of nitrogens with one attached hydrogen (secondary N) is 1. The first-order valence-corrected chi connectivity index (χ1v) is 31.3. The van der Waals surface area contributed by atoms with Crippen LogP contribution in [0.25, 0.3) is 73.2 Å². The van der Waals surface area contributed by atoms with Crippen molar-refractivity contribution >= 4 is 58.0 Å². The number of benzene rings is 3. The molecule has 0 saturated carbocycles. The molecule has 3 saturated heterocycles. The van der Waals surface area contributed by atoms with Crippen LogP contribution in [0.3, 0.4) is 0 Å². The fourth-order valence-electron chi connectivity index (χ4n) is 10.5. The zero-order chi connectivity index (χ0) is 65.9. The van der Waals surface area contributed by atoms with Crippen molar-refractivity contribution in [1.82, 2.24) is 69.0 Å². The highest BCUT2D eigenvalue weighted by Gasteiger charge is 2.51. The first kappa shape index (κ1) is 65.9. The van der Waals surface area contributed by atoms with Gasteiger partial charge >= 0.3 is 7.12 Å². The SMILES string of the molecule is Brc1cnc2ccc(-c3ccncc3)nn12.CC1(C)OB(c2ccc(C=O)cc2)OC1(C)C.FC1(F)CCCN(Cc2ccc(-c3cnc4ccc(-c5ccncc5)nn34)cc2)C1.FC1(F)CCCNC1.O=Cc1ccc(-c2cnc3ccc(-c4ccncc4)nn23)cc1. The van der Waals surface area contributed by atoms with Crippen molar-refractivity contribution in [3.8, 4) is 56.3 Å². The summed E-state index contributed by atoms with van der Waals surface area (Å²) in [6.07, 6.45) is 18.7. The maximum Gasteiger partial charge on any atom is 0.494 e. The van der Waals surface area contributed by atoms with Crippen molar-refractivity contribution in [2.45, 2.75) is 83.0 Å². The Morgan fingerprint density at radius 3 is 1.36 bits per heavy atom. The first-order valence-electron chi connectivity index (χ1n) is 30.5. The summed E-state index contributed by atoms with van der Waals surface area (Å²) in [5.41, 5.74) is 14.3. The minimum atomic E-state index is -2.58. The van der Waals surface area contributed by atoms with Gasteiger partial charge in [-0.2, -0.15) is 15.3 Å². The van der Waals surface area contributed by atoms with Gasteiger partial charge in [-0.3, -0.25) is 29.4 Å². The monoisotopic (exact) mass is 1330 g/mol. The third kappa shape index (κ3) is 16.2. The van der Waals surface area contributed by atoms with E-state index in [1.807, 2.05) is 163 Å². The summed E-state index contributed by atoms with van der Waals surface area (Å²) in [6.45, 7) is 9.78. The lowest BCUT2D eigenvalue weighted by atomic mass is 9.79. The van der Waals surface area contributed by atoms with Crippen molar-refractivity contribution in [3.63, 3.8) is 0 Å². The second-order valence-electron chi connectivity index (χ2n) is 23.7. The minimum absolute atomic E-state index is 0.00872. The van der Waals surface area contributed by atoms with Gasteiger partial charge in [-0.05, 0) is 153 Å². The van der Waals surface area contributed by atoms with Gasteiger partial charge in [-0.1, -0.05) is 72.8 Å². The summed E-state index contributed by atoms with van der Waals surface area (Å²) in [5, 5.41) is 16.5. The van der Waals surface area contributed by atoms with E-state index in [-0.39, 0.29) is 44.3 Å². The number of aromatic nitrogens is 12. The number of alkyl halides is 4. The van der Waals surface area contributed by atoms with Gasteiger partial charge in [0, 0.05) is 95.5 Å². The summed E-state index contributed by atoms with van der Waals surface area (Å²) < 4.78 is 69.7. The van der Waals surface area contributed by atoms with Crippen LogP contribution in [0.5, 0.6) is 0 Å². The van der Waals surface area contributed by atoms with E-state index < -0.39 is 11.8 Å². The molecule has 18 nitrogen and oxygen atoms in total. The van der Waals surface area contributed by atoms with Gasteiger partial charge in [0.2, 0.25) is 0 Å². The third-order valence-electron chi connectivity index (χ3n) is 16.3. The molecular weight excluding hydrogens is 1270 g/mol. The summed E-state index contributed by atoms with van der Waals surface area (Å²) >= 11 is 3.40. The number of carbonyl (C=O) groups excluding carboxylic acids is 2. The van der Waals surface area contributed by atoms with Crippen molar-refractivity contribution in [2.75, 3.05) is 26.2 Å². The summed E-state index contributed by atoms with van der Waals surface area (Å²) in [6, 6.07) is 45.8. The highest BCUT2D eigenvalue weighted by Crippen LogP contribution is 2.37. The molecule has 0 amide bonds. The van der Waals surface area contributed by atoms with Crippen LogP contribution in [-0.2, 0) is 15.9 Å².